The normalized spacial score (nSPS) is 10.6. The molecular weight excluding hydrogens is 270 g/mol. The summed E-state index contributed by atoms with van der Waals surface area (Å²) in [6.07, 6.45) is 1.58. The van der Waals surface area contributed by atoms with Gasteiger partial charge in [-0.25, -0.2) is 0 Å². The molecular formula is C10H13N5O3S. The van der Waals surface area contributed by atoms with Crippen molar-refractivity contribution in [3.05, 3.63) is 21.7 Å². The van der Waals surface area contributed by atoms with E-state index in [1.165, 1.54) is 20.6 Å². The number of hydrogen-bond donors (Lipinski definition) is 1. The number of anilines is 1. The van der Waals surface area contributed by atoms with Crippen LogP contribution in [-0.4, -0.2) is 45.3 Å². The smallest absolute Gasteiger partial charge is 0.358 e. The van der Waals surface area contributed by atoms with Crippen molar-refractivity contribution in [3.63, 3.8) is 0 Å². The number of nitro groups is 1. The molecule has 19 heavy (non-hydrogen) atoms. The van der Waals surface area contributed by atoms with Crippen LogP contribution in [0.5, 0.6) is 0 Å². The van der Waals surface area contributed by atoms with Crippen LogP contribution in [0.3, 0.4) is 0 Å². The summed E-state index contributed by atoms with van der Waals surface area (Å²) in [6.45, 7) is 2.42. The number of nitrogens with one attached hydrogen (secondary N) is 1. The zero-order valence-corrected chi connectivity index (χ0v) is 11.3. The third kappa shape index (κ3) is 2.50. The Morgan fingerprint density at radius 1 is 1.68 bits per heavy atom. The number of fused-ring (bicyclic) bond motifs is 1. The number of imidazole rings is 1. The first-order valence-corrected chi connectivity index (χ1v) is 6.50. The number of aromatic nitrogens is 2. The largest absolute Gasteiger partial charge is 0.372 e. The molecule has 0 aliphatic carbocycles. The standard InChI is InChI=1S/C10H13N5O3S/c1-3-13(2)7(16)6-11-8-9(15(17)18)14-4-5-19-10(14)12-8/h4-5,11H,3,6H2,1-2H3. The Kier molecular flexibility index (Phi) is 3.65. The molecule has 1 amide bonds. The van der Waals surface area contributed by atoms with Gasteiger partial charge >= 0.3 is 5.82 Å². The van der Waals surface area contributed by atoms with Gasteiger partial charge in [0.25, 0.3) is 4.96 Å². The van der Waals surface area contributed by atoms with Crippen LogP contribution in [0, 0.1) is 10.1 Å². The van der Waals surface area contributed by atoms with E-state index in [4.69, 9.17) is 0 Å². The predicted molar refractivity (Wildman–Crippen MR) is 71.5 cm³/mol. The minimum Gasteiger partial charge on any atom is -0.358 e. The lowest BCUT2D eigenvalue weighted by Crippen LogP contribution is -2.32. The molecule has 0 bridgehead atoms. The maximum atomic E-state index is 11.6. The van der Waals surface area contributed by atoms with Crippen LogP contribution in [0.1, 0.15) is 6.92 Å². The lowest BCUT2D eigenvalue weighted by Gasteiger charge is -2.14. The van der Waals surface area contributed by atoms with Gasteiger partial charge in [0, 0.05) is 19.0 Å². The van der Waals surface area contributed by atoms with Crippen LogP contribution in [0.25, 0.3) is 4.96 Å². The molecule has 0 aromatic carbocycles. The summed E-state index contributed by atoms with van der Waals surface area (Å²) >= 11 is 1.30. The van der Waals surface area contributed by atoms with Crippen LogP contribution in [-0.2, 0) is 4.79 Å². The van der Waals surface area contributed by atoms with Gasteiger partial charge in [0.1, 0.15) is 6.20 Å². The van der Waals surface area contributed by atoms with Gasteiger partial charge in [-0.05, 0) is 11.8 Å². The molecule has 2 heterocycles. The van der Waals surface area contributed by atoms with Crippen LogP contribution < -0.4 is 5.32 Å². The second-order valence-electron chi connectivity index (χ2n) is 3.86. The van der Waals surface area contributed by atoms with E-state index in [9.17, 15) is 14.9 Å². The van der Waals surface area contributed by atoms with E-state index in [0.29, 0.717) is 11.5 Å². The summed E-state index contributed by atoms with van der Waals surface area (Å²) in [4.78, 5) is 28.3. The molecule has 0 aliphatic heterocycles. The summed E-state index contributed by atoms with van der Waals surface area (Å²) in [5.41, 5.74) is 0. The van der Waals surface area contributed by atoms with E-state index < -0.39 is 4.92 Å². The second kappa shape index (κ2) is 5.22. The number of rotatable bonds is 5. The van der Waals surface area contributed by atoms with E-state index in [-0.39, 0.29) is 24.1 Å². The Morgan fingerprint density at radius 3 is 3.05 bits per heavy atom. The molecule has 1 N–H and O–H groups in total. The Bertz CT molecular complexity index is 620. The third-order valence-corrected chi connectivity index (χ3v) is 3.47. The van der Waals surface area contributed by atoms with E-state index in [1.807, 2.05) is 6.92 Å². The summed E-state index contributed by atoms with van der Waals surface area (Å²) in [5, 5.41) is 15.5. The molecule has 2 aromatic rings. The fourth-order valence-electron chi connectivity index (χ4n) is 1.54. The van der Waals surface area contributed by atoms with E-state index in [1.54, 1.807) is 18.6 Å². The minimum absolute atomic E-state index is 0.0178. The monoisotopic (exact) mass is 283 g/mol. The fourth-order valence-corrected chi connectivity index (χ4v) is 2.25. The molecule has 2 aromatic heterocycles. The molecule has 0 aliphatic rings. The number of likely N-dealkylation sites (N-methyl/N-ethyl adjacent to an activating group) is 1. The average molecular weight is 283 g/mol. The van der Waals surface area contributed by atoms with Gasteiger partial charge in [0.2, 0.25) is 11.7 Å². The lowest BCUT2D eigenvalue weighted by molar-refractivity contribution is -0.389. The van der Waals surface area contributed by atoms with Crippen molar-refractivity contribution in [1.82, 2.24) is 14.3 Å². The van der Waals surface area contributed by atoms with Crippen molar-refractivity contribution >= 4 is 33.8 Å². The van der Waals surface area contributed by atoms with Crippen molar-refractivity contribution < 1.29 is 9.72 Å². The topological polar surface area (TPSA) is 92.8 Å². The SMILES string of the molecule is CCN(C)C(=O)CNc1nc2sccn2c1[N+](=O)[O-]. The highest BCUT2D eigenvalue weighted by molar-refractivity contribution is 7.15. The van der Waals surface area contributed by atoms with Crippen molar-refractivity contribution in [1.29, 1.82) is 0 Å². The van der Waals surface area contributed by atoms with Crippen LogP contribution in [0.2, 0.25) is 0 Å². The molecule has 0 unspecified atom stereocenters. The van der Waals surface area contributed by atoms with Crippen molar-refractivity contribution in [2.45, 2.75) is 6.92 Å². The van der Waals surface area contributed by atoms with Crippen LogP contribution >= 0.6 is 11.3 Å². The summed E-state index contributed by atoms with van der Waals surface area (Å²) in [6, 6.07) is 0. The van der Waals surface area contributed by atoms with E-state index in [2.05, 4.69) is 10.3 Å². The zero-order valence-electron chi connectivity index (χ0n) is 10.5. The Hall–Kier alpha value is -2.16. The summed E-state index contributed by atoms with van der Waals surface area (Å²) in [7, 11) is 1.67. The molecule has 0 fully saturated rings. The molecule has 0 spiro atoms. The number of amides is 1. The van der Waals surface area contributed by atoms with Gasteiger partial charge < -0.3 is 20.3 Å². The van der Waals surface area contributed by atoms with Crippen LogP contribution in [0.4, 0.5) is 11.6 Å². The number of nitrogens with zero attached hydrogens (tertiary/aromatic N) is 4. The first kappa shape index (κ1) is 13.3. The number of thiazole rings is 1. The van der Waals surface area contributed by atoms with Gasteiger partial charge in [-0.3, -0.25) is 4.79 Å². The highest BCUT2D eigenvalue weighted by atomic mass is 32.1. The van der Waals surface area contributed by atoms with Crippen LogP contribution in [0.15, 0.2) is 11.6 Å². The number of carbonyl (C=O) groups excluding carboxylic acids is 1. The summed E-state index contributed by atoms with van der Waals surface area (Å²) in [5.74, 6) is -0.175. The molecule has 0 atom stereocenters. The maximum absolute atomic E-state index is 11.6. The highest BCUT2D eigenvalue weighted by Crippen LogP contribution is 2.27. The Labute approximate surface area is 112 Å². The number of hydrogen-bond acceptors (Lipinski definition) is 6. The molecule has 9 heteroatoms. The minimum atomic E-state index is -0.511. The van der Waals surface area contributed by atoms with Gasteiger partial charge in [0.05, 0.1) is 6.54 Å². The Balaban J connectivity index is 2.21. The first-order valence-electron chi connectivity index (χ1n) is 5.62. The molecule has 2 rings (SSSR count). The third-order valence-electron chi connectivity index (χ3n) is 2.72. The molecule has 0 saturated carbocycles. The molecule has 8 nitrogen and oxygen atoms in total. The van der Waals surface area contributed by atoms with Crippen molar-refractivity contribution in [2.24, 2.45) is 0 Å². The second-order valence-corrected chi connectivity index (χ2v) is 4.73. The van der Waals surface area contributed by atoms with Gasteiger partial charge in [-0.15, -0.1) is 0 Å². The number of carbonyl (C=O) groups is 1. The molecule has 0 radical (unpaired) electrons. The molecule has 102 valence electrons. The highest BCUT2D eigenvalue weighted by Gasteiger charge is 2.24. The quantitative estimate of drug-likeness (QED) is 0.657. The first-order chi connectivity index (χ1) is 9.04. The van der Waals surface area contributed by atoms with Gasteiger partial charge in [0.15, 0.2) is 0 Å². The van der Waals surface area contributed by atoms with Crippen molar-refractivity contribution in [3.8, 4) is 0 Å². The molecule has 0 saturated heterocycles. The summed E-state index contributed by atoms with van der Waals surface area (Å²) < 4.78 is 1.39. The fraction of sp³-hybridized carbons (Fsp3) is 0.400. The lowest BCUT2D eigenvalue weighted by atomic mass is 10.5. The van der Waals surface area contributed by atoms with Crippen molar-refractivity contribution in [2.75, 3.05) is 25.5 Å². The predicted octanol–water partition coefficient (Wildman–Crippen LogP) is 1.19. The van der Waals surface area contributed by atoms with E-state index >= 15 is 0 Å². The van der Waals surface area contributed by atoms with Gasteiger partial charge in [-0.2, -0.15) is 9.38 Å². The maximum Gasteiger partial charge on any atom is 0.372 e. The Morgan fingerprint density at radius 2 is 2.42 bits per heavy atom. The zero-order chi connectivity index (χ0) is 14.0. The van der Waals surface area contributed by atoms with E-state index in [0.717, 1.165) is 0 Å². The van der Waals surface area contributed by atoms with Gasteiger partial charge in [-0.1, -0.05) is 11.3 Å². The average Bonchev–Trinajstić information content (AvgIpc) is 2.93.